The van der Waals surface area contributed by atoms with E-state index in [1.165, 1.54) is 25.7 Å². The number of carbonyl (C=O) groups is 1. The number of piperidine rings is 1. The molecule has 0 aromatic rings. The molecule has 2 N–H and O–H groups in total. The number of nitrogens with one attached hydrogen (secondary N) is 1. The Morgan fingerprint density at radius 2 is 1.96 bits per heavy atom. The quantitative estimate of drug-likeness (QED) is 0.808. The maximum atomic E-state index is 12.3. The Bertz CT molecular complexity index is 627. The van der Waals surface area contributed by atoms with E-state index in [-0.39, 0.29) is 17.4 Å². The van der Waals surface area contributed by atoms with E-state index in [1.54, 1.807) is 0 Å². The van der Waals surface area contributed by atoms with E-state index in [9.17, 15) is 9.90 Å². The molecule has 1 saturated heterocycles. The van der Waals surface area contributed by atoms with E-state index in [0.717, 1.165) is 25.0 Å². The van der Waals surface area contributed by atoms with Gasteiger partial charge in [0.25, 0.3) is 0 Å². The number of aliphatic hydroxyl groups excluding tert-OH is 1. The largest absolute Gasteiger partial charge is 0.389 e. The Morgan fingerprint density at radius 3 is 2.72 bits per heavy atom. The number of hydrogen-bond donors (Lipinski definition) is 2. The van der Waals surface area contributed by atoms with Gasteiger partial charge in [-0.2, -0.15) is 0 Å². The van der Waals surface area contributed by atoms with Crippen LogP contribution in [0, 0.1) is 28.6 Å². The molecule has 25 heavy (non-hydrogen) atoms. The number of rotatable bonds is 2. The SMILES string of the molecule is C[C@@]12CCC[C@H]1[C@@H]1[C@@H](O)C=C3NC(=O)CC(OC4CC4)[C@]3(C)[C@H]1CC2. The monoisotopic (exact) mass is 345 g/mol. The predicted octanol–water partition coefficient (Wildman–Crippen LogP) is 3.15. The van der Waals surface area contributed by atoms with E-state index in [1.807, 2.05) is 6.08 Å². The molecule has 138 valence electrons. The van der Waals surface area contributed by atoms with Gasteiger partial charge in [0.1, 0.15) is 0 Å². The van der Waals surface area contributed by atoms with Crippen molar-refractivity contribution in [2.24, 2.45) is 28.6 Å². The molecular weight excluding hydrogens is 314 g/mol. The van der Waals surface area contributed by atoms with Crippen LogP contribution in [0.2, 0.25) is 0 Å². The number of fused-ring (bicyclic) bond motifs is 5. The number of hydrogen-bond acceptors (Lipinski definition) is 3. The van der Waals surface area contributed by atoms with Crippen molar-refractivity contribution in [3.63, 3.8) is 0 Å². The summed E-state index contributed by atoms with van der Waals surface area (Å²) in [7, 11) is 0. The Morgan fingerprint density at radius 1 is 1.16 bits per heavy atom. The predicted molar refractivity (Wildman–Crippen MR) is 94.5 cm³/mol. The fourth-order valence-electron chi connectivity index (χ4n) is 6.82. The minimum Gasteiger partial charge on any atom is -0.389 e. The molecule has 4 fully saturated rings. The Hall–Kier alpha value is -0.870. The van der Waals surface area contributed by atoms with Crippen LogP contribution in [0.3, 0.4) is 0 Å². The third-order valence-corrected chi connectivity index (χ3v) is 8.39. The molecule has 0 spiro atoms. The van der Waals surface area contributed by atoms with Crippen molar-refractivity contribution >= 4 is 5.91 Å². The molecule has 5 aliphatic rings. The van der Waals surface area contributed by atoms with Gasteiger partial charge in [-0.25, -0.2) is 0 Å². The Kier molecular flexibility index (Phi) is 3.47. The van der Waals surface area contributed by atoms with Crippen LogP contribution < -0.4 is 5.32 Å². The normalized spacial score (nSPS) is 51.9. The number of aliphatic hydroxyl groups is 1. The first-order valence-electron chi connectivity index (χ1n) is 10.3. The molecule has 5 rings (SSSR count). The van der Waals surface area contributed by atoms with Gasteiger partial charge in [-0.1, -0.05) is 20.3 Å². The maximum Gasteiger partial charge on any atom is 0.226 e. The zero-order chi connectivity index (χ0) is 17.4. The Balaban J connectivity index is 1.55. The van der Waals surface area contributed by atoms with Gasteiger partial charge in [-0.15, -0.1) is 0 Å². The maximum absolute atomic E-state index is 12.3. The van der Waals surface area contributed by atoms with Gasteiger partial charge >= 0.3 is 0 Å². The molecule has 0 aromatic carbocycles. The summed E-state index contributed by atoms with van der Waals surface area (Å²) in [6.07, 6.45) is 10.8. The zero-order valence-corrected chi connectivity index (χ0v) is 15.5. The lowest BCUT2D eigenvalue weighted by Crippen LogP contribution is -2.61. The summed E-state index contributed by atoms with van der Waals surface area (Å²) in [5, 5.41) is 14.1. The van der Waals surface area contributed by atoms with Gasteiger partial charge in [0.2, 0.25) is 5.91 Å². The second kappa shape index (κ2) is 5.32. The van der Waals surface area contributed by atoms with Gasteiger partial charge in [0.15, 0.2) is 0 Å². The van der Waals surface area contributed by atoms with Crippen LogP contribution in [0.15, 0.2) is 11.8 Å². The highest BCUT2D eigenvalue weighted by atomic mass is 16.5. The first-order valence-corrected chi connectivity index (χ1v) is 10.3. The lowest BCUT2D eigenvalue weighted by molar-refractivity contribution is -0.152. The van der Waals surface area contributed by atoms with E-state index >= 15 is 0 Å². The highest BCUT2D eigenvalue weighted by Gasteiger charge is 2.61. The minimum absolute atomic E-state index is 0.0363. The van der Waals surface area contributed by atoms with Crippen molar-refractivity contribution in [1.29, 1.82) is 0 Å². The molecule has 4 aliphatic carbocycles. The van der Waals surface area contributed by atoms with E-state index in [0.29, 0.717) is 35.7 Å². The molecule has 1 aliphatic heterocycles. The molecule has 1 heterocycles. The summed E-state index contributed by atoms with van der Waals surface area (Å²) in [5.74, 6) is 1.37. The van der Waals surface area contributed by atoms with Crippen molar-refractivity contribution in [3.05, 3.63) is 11.8 Å². The van der Waals surface area contributed by atoms with Crippen LogP contribution >= 0.6 is 0 Å². The third kappa shape index (κ3) is 2.29. The highest BCUT2D eigenvalue weighted by Crippen LogP contribution is 2.64. The van der Waals surface area contributed by atoms with E-state index in [4.69, 9.17) is 4.74 Å². The molecule has 1 amide bonds. The number of amides is 1. The molecule has 4 nitrogen and oxygen atoms in total. The molecular formula is C21H31NO3. The van der Waals surface area contributed by atoms with Crippen LogP contribution in [0.1, 0.15) is 65.2 Å². The average molecular weight is 345 g/mol. The number of carbonyl (C=O) groups excluding carboxylic acids is 1. The minimum atomic E-state index is -0.434. The van der Waals surface area contributed by atoms with Crippen LogP contribution in [0.4, 0.5) is 0 Å². The summed E-state index contributed by atoms with van der Waals surface area (Å²) < 4.78 is 6.38. The standard InChI is InChI=1S/C21H31NO3/c1-20-8-3-4-13(20)19-14(7-9-20)21(2)16(10-15(19)23)22-18(24)11-17(21)25-12-5-6-12/h10,12-15,17,19,23H,3-9,11H2,1-2H3,(H,22,24)/t13-,14-,15-,17?,19-,20-,21+/m0/s1. The van der Waals surface area contributed by atoms with E-state index in [2.05, 4.69) is 19.2 Å². The van der Waals surface area contributed by atoms with Gasteiger partial charge in [-0.3, -0.25) is 4.79 Å². The van der Waals surface area contributed by atoms with Gasteiger partial charge in [0, 0.05) is 11.1 Å². The highest BCUT2D eigenvalue weighted by molar-refractivity contribution is 5.80. The summed E-state index contributed by atoms with van der Waals surface area (Å²) >= 11 is 0. The number of ether oxygens (including phenoxy) is 1. The summed E-state index contributed by atoms with van der Waals surface area (Å²) in [5.41, 5.74) is 1.17. The first-order chi connectivity index (χ1) is 11.9. The average Bonchev–Trinajstić information content (AvgIpc) is 3.28. The fraction of sp³-hybridized carbons (Fsp3) is 0.857. The van der Waals surface area contributed by atoms with Gasteiger partial charge in [0.05, 0.1) is 24.7 Å². The molecule has 1 unspecified atom stereocenters. The molecule has 0 aromatic heterocycles. The molecule has 7 atom stereocenters. The second-order valence-electron chi connectivity index (χ2n) is 9.81. The van der Waals surface area contributed by atoms with Crippen molar-refractivity contribution < 1.29 is 14.6 Å². The molecule has 0 radical (unpaired) electrons. The third-order valence-electron chi connectivity index (χ3n) is 8.39. The second-order valence-corrected chi connectivity index (χ2v) is 9.81. The van der Waals surface area contributed by atoms with Crippen LogP contribution in [0.25, 0.3) is 0 Å². The van der Waals surface area contributed by atoms with E-state index < -0.39 is 6.10 Å². The lowest BCUT2D eigenvalue weighted by Gasteiger charge is -2.59. The molecule has 4 heteroatoms. The Labute approximate surface area is 150 Å². The fourth-order valence-corrected chi connectivity index (χ4v) is 6.82. The van der Waals surface area contributed by atoms with Crippen molar-refractivity contribution in [1.82, 2.24) is 5.32 Å². The van der Waals surface area contributed by atoms with Crippen LogP contribution in [-0.2, 0) is 9.53 Å². The van der Waals surface area contributed by atoms with Crippen LogP contribution in [-0.4, -0.2) is 29.3 Å². The van der Waals surface area contributed by atoms with Gasteiger partial charge < -0.3 is 15.2 Å². The lowest BCUT2D eigenvalue weighted by atomic mass is 9.49. The van der Waals surface area contributed by atoms with Crippen LogP contribution in [0.5, 0.6) is 0 Å². The topological polar surface area (TPSA) is 58.6 Å². The van der Waals surface area contributed by atoms with Crippen molar-refractivity contribution in [2.75, 3.05) is 0 Å². The van der Waals surface area contributed by atoms with Gasteiger partial charge in [-0.05, 0) is 67.8 Å². The summed E-state index contributed by atoms with van der Waals surface area (Å²) in [6.45, 7) is 4.74. The van der Waals surface area contributed by atoms with Crippen molar-refractivity contribution in [3.8, 4) is 0 Å². The van der Waals surface area contributed by atoms with Crippen molar-refractivity contribution in [2.45, 2.75) is 83.5 Å². The molecule has 3 saturated carbocycles. The summed E-state index contributed by atoms with van der Waals surface area (Å²) in [6, 6.07) is 0. The molecule has 0 bridgehead atoms. The summed E-state index contributed by atoms with van der Waals surface area (Å²) in [4.78, 5) is 12.3. The first kappa shape index (κ1) is 16.3. The smallest absolute Gasteiger partial charge is 0.226 e. The zero-order valence-electron chi connectivity index (χ0n) is 15.5.